The van der Waals surface area contributed by atoms with E-state index in [0.717, 1.165) is 6.54 Å². The highest BCUT2D eigenvalue weighted by Crippen LogP contribution is 2.19. The van der Waals surface area contributed by atoms with Gasteiger partial charge in [0, 0.05) is 12.6 Å². The summed E-state index contributed by atoms with van der Waals surface area (Å²) in [5.74, 6) is 0. The van der Waals surface area contributed by atoms with Gasteiger partial charge in [-0.25, -0.2) is 0 Å². The average molecular weight is 258 g/mol. The molecule has 0 aliphatic carbocycles. The largest absolute Gasteiger partial charge is 0.314 e. The second-order valence-corrected chi connectivity index (χ2v) is 6.10. The summed E-state index contributed by atoms with van der Waals surface area (Å²) < 4.78 is 0. The summed E-state index contributed by atoms with van der Waals surface area (Å²) in [6.45, 7) is 4.94. The Labute approximate surface area is 117 Å². The van der Waals surface area contributed by atoms with Gasteiger partial charge in [0.1, 0.15) is 0 Å². The van der Waals surface area contributed by atoms with Crippen LogP contribution in [-0.4, -0.2) is 30.6 Å². The first kappa shape index (κ1) is 13.1. The van der Waals surface area contributed by atoms with E-state index >= 15 is 0 Å². The number of nitrogens with zero attached hydrogens (tertiary/aromatic N) is 1. The summed E-state index contributed by atoms with van der Waals surface area (Å²) >= 11 is 0. The second-order valence-electron chi connectivity index (χ2n) is 6.10. The third-order valence-electron chi connectivity index (χ3n) is 4.59. The molecule has 2 heterocycles. The number of benzene rings is 1. The topological polar surface area (TPSA) is 15.3 Å². The van der Waals surface area contributed by atoms with Crippen molar-refractivity contribution < 1.29 is 0 Å². The molecule has 19 heavy (non-hydrogen) atoms. The van der Waals surface area contributed by atoms with Gasteiger partial charge in [0.15, 0.2) is 0 Å². The molecule has 1 atom stereocenters. The summed E-state index contributed by atoms with van der Waals surface area (Å²) in [6.07, 6.45) is 8.07. The van der Waals surface area contributed by atoms with Gasteiger partial charge in [-0.05, 0) is 62.9 Å². The molecule has 2 heteroatoms. The maximum absolute atomic E-state index is 3.67. The lowest BCUT2D eigenvalue weighted by Crippen LogP contribution is -2.36. The Kier molecular flexibility index (Phi) is 4.52. The van der Waals surface area contributed by atoms with Crippen LogP contribution in [0.5, 0.6) is 0 Å². The fraction of sp³-hybridized carbons (Fsp3) is 0.647. The summed E-state index contributed by atoms with van der Waals surface area (Å²) in [5, 5.41) is 3.67. The molecule has 2 fully saturated rings. The molecule has 0 amide bonds. The Hall–Kier alpha value is -0.860. The lowest BCUT2D eigenvalue weighted by Gasteiger charge is -2.25. The predicted molar refractivity (Wildman–Crippen MR) is 80.3 cm³/mol. The summed E-state index contributed by atoms with van der Waals surface area (Å²) in [5.41, 5.74) is 3.12. The van der Waals surface area contributed by atoms with Gasteiger partial charge in [0.2, 0.25) is 0 Å². The van der Waals surface area contributed by atoms with Gasteiger partial charge >= 0.3 is 0 Å². The minimum Gasteiger partial charge on any atom is -0.314 e. The molecule has 104 valence electrons. The summed E-state index contributed by atoms with van der Waals surface area (Å²) in [4.78, 5) is 2.60. The number of rotatable bonds is 4. The maximum Gasteiger partial charge on any atom is 0.0236 e. The van der Waals surface area contributed by atoms with Crippen molar-refractivity contribution in [3.63, 3.8) is 0 Å². The van der Waals surface area contributed by atoms with Crippen molar-refractivity contribution in [1.82, 2.24) is 10.2 Å². The van der Waals surface area contributed by atoms with Crippen molar-refractivity contribution in [3.05, 3.63) is 35.4 Å². The standard InChI is InChI=1S/C17H26N2/c1-2-8-16(14-19-11-5-6-12-19)15(7-1)13-17-9-3-4-10-18-17/h1-2,7-8,17-18H,3-6,9-14H2. The molecule has 1 N–H and O–H groups in total. The molecule has 1 aromatic carbocycles. The number of nitrogens with one attached hydrogen (secondary N) is 1. The third kappa shape index (κ3) is 3.58. The number of piperidine rings is 1. The number of hydrogen-bond acceptors (Lipinski definition) is 2. The van der Waals surface area contributed by atoms with E-state index in [0.29, 0.717) is 6.04 Å². The van der Waals surface area contributed by atoms with E-state index in [9.17, 15) is 0 Å². The zero-order valence-corrected chi connectivity index (χ0v) is 11.9. The first-order chi connectivity index (χ1) is 9.42. The van der Waals surface area contributed by atoms with E-state index < -0.39 is 0 Å². The van der Waals surface area contributed by atoms with Gasteiger partial charge in [-0.1, -0.05) is 30.7 Å². The minimum atomic E-state index is 0.702. The Morgan fingerprint density at radius 2 is 1.79 bits per heavy atom. The zero-order valence-electron chi connectivity index (χ0n) is 11.9. The molecule has 3 rings (SSSR count). The molecular weight excluding hydrogens is 232 g/mol. The molecule has 2 nitrogen and oxygen atoms in total. The van der Waals surface area contributed by atoms with E-state index in [1.165, 1.54) is 58.2 Å². The molecule has 0 radical (unpaired) electrons. The summed E-state index contributed by atoms with van der Waals surface area (Å²) in [6, 6.07) is 9.76. The molecule has 2 saturated heterocycles. The highest BCUT2D eigenvalue weighted by atomic mass is 15.1. The van der Waals surface area contributed by atoms with Crippen LogP contribution in [0.4, 0.5) is 0 Å². The van der Waals surface area contributed by atoms with Crippen molar-refractivity contribution in [2.24, 2.45) is 0 Å². The van der Waals surface area contributed by atoms with Crippen molar-refractivity contribution in [2.45, 2.75) is 51.1 Å². The number of likely N-dealkylation sites (tertiary alicyclic amines) is 1. The van der Waals surface area contributed by atoms with Crippen LogP contribution in [0.15, 0.2) is 24.3 Å². The van der Waals surface area contributed by atoms with Gasteiger partial charge < -0.3 is 5.32 Å². The van der Waals surface area contributed by atoms with Crippen molar-refractivity contribution >= 4 is 0 Å². The minimum absolute atomic E-state index is 0.702. The average Bonchev–Trinajstić information content (AvgIpc) is 2.95. The van der Waals surface area contributed by atoms with E-state index in [1.54, 1.807) is 11.1 Å². The first-order valence-corrected chi connectivity index (χ1v) is 7.94. The van der Waals surface area contributed by atoms with Gasteiger partial charge in [-0.15, -0.1) is 0 Å². The Morgan fingerprint density at radius 1 is 1.00 bits per heavy atom. The summed E-state index contributed by atoms with van der Waals surface area (Å²) in [7, 11) is 0. The molecule has 2 aliphatic rings. The van der Waals surface area contributed by atoms with Gasteiger partial charge in [0.05, 0.1) is 0 Å². The fourth-order valence-corrected chi connectivity index (χ4v) is 3.46. The van der Waals surface area contributed by atoms with Crippen LogP contribution in [0.2, 0.25) is 0 Å². The third-order valence-corrected chi connectivity index (χ3v) is 4.59. The van der Waals surface area contributed by atoms with E-state index in [-0.39, 0.29) is 0 Å². The molecule has 0 spiro atoms. The van der Waals surface area contributed by atoms with Crippen molar-refractivity contribution in [3.8, 4) is 0 Å². The van der Waals surface area contributed by atoms with Crippen LogP contribution in [0.1, 0.15) is 43.2 Å². The molecule has 0 saturated carbocycles. The molecule has 0 bridgehead atoms. The molecule has 1 aromatic rings. The quantitative estimate of drug-likeness (QED) is 0.893. The van der Waals surface area contributed by atoms with Gasteiger partial charge in [-0.2, -0.15) is 0 Å². The fourth-order valence-electron chi connectivity index (χ4n) is 3.46. The van der Waals surface area contributed by atoms with Crippen LogP contribution in [-0.2, 0) is 13.0 Å². The molecular formula is C17H26N2. The SMILES string of the molecule is c1ccc(CN2CCCC2)c(CC2CCCCN2)c1. The maximum atomic E-state index is 3.67. The van der Waals surface area contributed by atoms with Gasteiger partial charge in [0.25, 0.3) is 0 Å². The van der Waals surface area contributed by atoms with E-state index in [1.807, 2.05) is 0 Å². The monoisotopic (exact) mass is 258 g/mol. The first-order valence-electron chi connectivity index (χ1n) is 7.94. The zero-order chi connectivity index (χ0) is 12.9. The van der Waals surface area contributed by atoms with Crippen molar-refractivity contribution in [1.29, 1.82) is 0 Å². The normalized spacial score (nSPS) is 24.7. The van der Waals surface area contributed by atoms with Crippen molar-refractivity contribution in [2.75, 3.05) is 19.6 Å². The van der Waals surface area contributed by atoms with Gasteiger partial charge in [-0.3, -0.25) is 4.90 Å². The van der Waals surface area contributed by atoms with Crippen LogP contribution < -0.4 is 5.32 Å². The highest BCUT2D eigenvalue weighted by molar-refractivity contribution is 5.28. The lowest BCUT2D eigenvalue weighted by atomic mass is 9.95. The number of hydrogen-bond donors (Lipinski definition) is 1. The Bertz CT molecular complexity index is 390. The molecule has 2 aliphatic heterocycles. The lowest BCUT2D eigenvalue weighted by molar-refractivity contribution is 0.329. The highest BCUT2D eigenvalue weighted by Gasteiger charge is 2.17. The van der Waals surface area contributed by atoms with E-state index in [4.69, 9.17) is 0 Å². The molecule has 0 aromatic heterocycles. The van der Waals surface area contributed by atoms with Crippen LogP contribution in [0, 0.1) is 0 Å². The molecule has 1 unspecified atom stereocenters. The van der Waals surface area contributed by atoms with Crippen LogP contribution >= 0.6 is 0 Å². The Morgan fingerprint density at radius 3 is 2.53 bits per heavy atom. The predicted octanol–water partition coefficient (Wildman–Crippen LogP) is 2.97. The Balaban J connectivity index is 1.65. The second kappa shape index (κ2) is 6.53. The van der Waals surface area contributed by atoms with Crippen LogP contribution in [0.3, 0.4) is 0 Å². The van der Waals surface area contributed by atoms with E-state index in [2.05, 4.69) is 34.5 Å². The smallest absolute Gasteiger partial charge is 0.0236 e. The van der Waals surface area contributed by atoms with Crippen LogP contribution in [0.25, 0.3) is 0 Å².